The fourth-order valence-corrected chi connectivity index (χ4v) is 5.41. The second-order valence-corrected chi connectivity index (χ2v) is 9.93. The second-order valence-electron chi connectivity index (χ2n) is 9.93. The second kappa shape index (κ2) is 9.33. The molecule has 4 amide bonds. The number of hydrogen-bond donors (Lipinski definition) is 1. The van der Waals surface area contributed by atoms with Crippen LogP contribution in [0.15, 0.2) is 35.9 Å². The van der Waals surface area contributed by atoms with Crippen molar-refractivity contribution in [3.8, 4) is 11.5 Å². The molecule has 0 radical (unpaired) electrons. The number of urea groups is 1. The molecule has 2 aliphatic rings. The van der Waals surface area contributed by atoms with Crippen LogP contribution in [-0.2, 0) is 9.59 Å². The standard InChI is InChI=1S/C28H33N3O5/c1-8-30-23-11-16(2)18(12-20(23)17(3)15-28(30,4)5)13-21-25(32)29-27(34)31(26(21)33)22-10-9-19(35-6)14-24(22)36-7/h9-14,17H,8,15H2,1-7H3,(H,29,32,34)/b21-13+. The number of aryl methyl sites for hydroxylation is 1. The van der Waals surface area contributed by atoms with E-state index >= 15 is 0 Å². The molecule has 2 heterocycles. The Morgan fingerprint density at radius 1 is 1.08 bits per heavy atom. The van der Waals surface area contributed by atoms with Gasteiger partial charge in [0.25, 0.3) is 11.8 Å². The van der Waals surface area contributed by atoms with Crippen molar-refractivity contribution in [3.63, 3.8) is 0 Å². The van der Waals surface area contributed by atoms with E-state index in [0.717, 1.165) is 29.0 Å². The Balaban J connectivity index is 1.79. The zero-order valence-electron chi connectivity index (χ0n) is 21.9. The first kappa shape index (κ1) is 25.3. The van der Waals surface area contributed by atoms with E-state index in [-0.39, 0.29) is 22.5 Å². The number of carbonyl (C=O) groups is 3. The van der Waals surface area contributed by atoms with Crippen LogP contribution in [0.4, 0.5) is 16.2 Å². The molecule has 0 bridgehead atoms. The number of imide groups is 2. The zero-order valence-corrected chi connectivity index (χ0v) is 21.9. The maximum Gasteiger partial charge on any atom is 0.336 e. The minimum Gasteiger partial charge on any atom is -0.497 e. The first-order valence-corrected chi connectivity index (χ1v) is 12.1. The van der Waals surface area contributed by atoms with E-state index in [1.807, 2.05) is 6.92 Å². The third-order valence-electron chi connectivity index (χ3n) is 7.12. The first-order valence-electron chi connectivity index (χ1n) is 12.1. The quantitative estimate of drug-likeness (QED) is 0.478. The number of rotatable bonds is 5. The molecule has 0 spiro atoms. The smallest absolute Gasteiger partial charge is 0.336 e. The van der Waals surface area contributed by atoms with Crippen molar-refractivity contribution < 1.29 is 23.9 Å². The molecule has 1 N–H and O–H groups in total. The Morgan fingerprint density at radius 2 is 1.81 bits per heavy atom. The first-order chi connectivity index (χ1) is 17.0. The van der Waals surface area contributed by atoms with Crippen LogP contribution in [0.25, 0.3) is 6.08 Å². The summed E-state index contributed by atoms with van der Waals surface area (Å²) in [5.41, 5.74) is 4.21. The summed E-state index contributed by atoms with van der Waals surface area (Å²) >= 11 is 0. The summed E-state index contributed by atoms with van der Waals surface area (Å²) in [6.07, 6.45) is 2.57. The van der Waals surface area contributed by atoms with Gasteiger partial charge in [-0.1, -0.05) is 6.92 Å². The number of barbiturate groups is 1. The molecule has 1 fully saturated rings. The van der Waals surface area contributed by atoms with Gasteiger partial charge in [0, 0.05) is 23.8 Å². The maximum atomic E-state index is 13.5. The minimum atomic E-state index is -0.831. The van der Waals surface area contributed by atoms with Crippen molar-refractivity contribution in [2.45, 2.75) is 52.5 Å². The average molecular weight is 492 g/mol. The van der Waals surface area contributed by atoms with Crippen molar-refractivity contribution in [1.82, 2.24) is 5.32 Å². The summed E-state index contributed by atoms with van der Waals surface area (Å²) in [7, 11) is 2.94. The van der Waals surface area contributed by atoms with Crippen LogP contribution in [0.2, 0.25) is 0 Å². The third kappa shape index (κ3) is 4.21. The van der Waals surface area contributed by atoms with Crippen LogP contribution < -0.4 is 24.6 Å². The molecule has 2 aromatic rings. The lowest BCUT2D eigenvalue weighted by molar-refractivity contribution is -0.122. The highest BCUT2D eigenvalue weighted by molar-refractivity contribution is 6.39. The van der Waals surface area contributed by atoms with Gasteiger partial charge in [-0.3, -0.25) is 14.9 Å². The van der Waals surface area contributed by atoms with Gasteiger partial charge >= 0.3 is 6.03 Å². The number of nitrogens with zero attached hydrogens (tertiary/aromatic N) is 2. The summed E-state index contributed by atoms with van der Waals surface area (Å²) in [5, 5.41) is 2.29. The monoisotopic (exact) mass is 491 g/mol. The zero-order chi connectivity index (χ0) is 26.4. The minimum absolute atomic E-state index is 0.0328. The third-order valence-corrected chi connectivity index (χ3v) is 7.12. The largest absolute Gasteiger partial charge is 0.497 e. The fraction of sp³-hybridized carbons (Fsp3) is 0.393. The molecule has 36 heavy (non-hydrogen) atoms. The molecule has 1 atom stereocenters. The summed E-state index contributed by atoms with van der Waals surface area (Å²) in [6.45, 7) is 11.7. The van der Waals surface area contributed by atoms with Gasteiger partial charge in [-0.2, -0.15) is 0 Å². The number of anilines is 2. The van der Waals surface area contributed by atoms with E-state index in [4.69, 9.17) is 9.47 Å². The number of amides is 4. The number of benzene rings is 2. The van der Waals surface area contributed by atoms with Gasteiger partial charge in [-0.05, 0) is 87.1 Å². The van der Waals surface area contributed by atoms with Crippen molar-refractivity contribution in [2.75, 3.05) is 30.6 Å². The van der Waals surface area contributed by atoms with Gasteiger partial charge in [0.15, 0.2) is 0 Å². The maximum absolute atomic E-state index is 13.5. The Hall–Kier alpha value is -3.81. The summed E-state index contributed by atoms with van der Waals surface area (Å²) in [6, 6.07) is 8.11. The van der Waals surface area contributed by atoms with E-state index in [1.165, 1.54) is 25.5 Å². The molecule has 190 valence electrons. The number of fused-ring (bicyclic) bond motifs is 1. The molecule has 8 nitrogen and oxygen atoms in total. The molecule has 0 saturated carbocycles. The Morgan fingerprint density at radius 3 is 2.44 bits per heavy atom. The number of nitrogens with one attached hydrogen (secondary N) is 1. The van der Waals surface area contributed by atoms with Crippen LogP contribution in [0.5, 0.6) is 11.5 Å². The number of methoxy groups -OCH3 is 2. The molecular weight excluding hydrogens is 458 g/mol. The summed E-state index contributed by atoms with van der Waals surface area (Å²) < 4.78 is 10.6. The van der Waals surface area contributed by atoms with Crippen molar-refractivity contribution in [3.05, 3.63) is 52.6 Å². The summed E-state index contributed by atoms with van der Waals surface area (Å²) in [5.74, 6) is -0.347. The highest BCUT2D eigenvalue weighted by Crippen LogP contribution is 2.44. The van der Waals surface area contributed by atoms with Crippen LogP contribution in [0.1, 0.15) is 56.7 Å². The molecular formula is C28H33N3O5. The predicted molar refractivity (Wildman–Crippen MR) is 140 cm³/mol. The van der Waals surface area contributed by atoms with Gasteiger partial charge in [0.1, 0.15) is 17.1 Å². The lowest BCUT2D eigenvalue weighted by atomic mass is 9.79. The van der Waals surface area contributed by atoms with Crippen LogP contribution in [0.3, 0.4) is 0 Å². The van der Waals surface area contributed by atoms with Gasteiger partial charge in [0.2, 0.25) is 0 Å². The van der Waals surface area contributed by atoms with E-state index in [2.05, 4.69) is 50.0 Å². The lowest BCUT2D eigenvalue weighted by Crippen LogP contribution is -2.54. The van der Waals surface area contributed by atoms with Crippen molar-refractivity contribution >= 4 is 35.3 Å². The van der Waals surface area contributed by atoms with E-state index in [1.54, 1.807) is 24.3 Å². The molecule has 2 aliphatic heterocycles. The van der Waals surface area contributed by atoms with E-state index < -0.39 is 17.8 Å². The predicted octanol–water partition coefficient (Wildman–Crippen LogP) is 4.79. The Kier molecular flexibility index (Phi) is 6.56. The van der Waals surface area contributed by atoms with Crippen LogP contribution in [0, 0.1) is 6.92 Å². The van der Waals surface area contributed by atoms with Crippen LogP contribution >= 0.6 is 0 Å². The van der Waals surface area contributed by atoms with Gasteiger partial charge < -0.3 is 14.4 Å². The number of hydrogen-bond acceptors (Lipinski definition) is 6. The topological polar surface area (TPSA) is 88.2 Å². The molecule has 0 aliphatic carbocycles. The van der Waals surface area contributed by atoms with Crippen molar-refractivity contribution in [2.24, 2.45) is 0 Å². The van der Waals surface area contributed by atoms with Crippen LogP contribution in [-0.4, -0.2) is 44.1 Å². The molecule has 4 rings (SSSR count). The highest BCUT2D eigenvalue weighted by Gasteiger charge is 2.39. The molecule has 1 saturated heterocycles. The summed E-state index contributed by atoms with van der Waals surface area (Å²) in [4.78, 5) is 42.3. The van der Waals surface area contributed by atoms with Gasteiger partial charge in [-0.15, -0.1) is 0 Å². The van der Waals surface area contributed by atoms with Gasteiger partial charge in [0.05, 0.1) is 19.9 Å². The highest BCUT2D eigenvalue weighted by atomic mass is 16.5. The Bertz CT molecular complexity index is 1280. The molecule has 2 aromatic carbocycles. The van der Waals surface area contributed by atoms with E-state index in [0.29, 0.717) is 11.7 Å². The number of ether oxygens (including phenoxy) is 2. The molecule has 8 heteroatoms. The van der Waals surface area contributed by atoms with Gasteiger partial charge in [-0.25, -0.2) is 9.69 Å². The molecule has 0 aromatic heterocycles. The SMILES string of the molecule is CCN1c2cc(C)c(/C=C3\C(=O)NC(=O)N(c4ccc(OC)cc4OC)C3=O)cc2C(C)CC1(C)C. The molecule has 1 unspecified atom stereocenters. The van der Waals surface area contributed by atoms with Crippen molar-refractivity contribution in [1.29, 1.82) is 0 Å². The average Bonchev–Trinajstić information content (AvgIpc) is 2.82. The number of carbonyl (C=O) groups excluding carboxylic acids is 3. The van der Waals surface area contributed by atoms with E-state index in [9.17, 15) is 14.4 Å². The fourth-order valence-electron chi connectivity index (χ4n) is 5.41. The lowest BCUT2D eigenvalue weighted by Gasteiger charge is -2.47. The normalized spacial score (nSPS) is 20.4. The Labute approximate surface area is 211 Å².